The van der Waals surface area contributed by atoms with E-state index < -0.39 is 0 Å². The van der Waals surface area contributed by atoms with Gasteiger partial charge in [-0.05, 0) is 52.0 Å². The number of hydrogen-bond acceptors (Lipinski definition) is 3. The lowest BCUT2D eigenvalue weighted by Gasteiger charge is -2.21. The number of nitrogens with one attached hydrogen (secondary N) is 1. The molecule has 0 saturated heterocycles. The minimum Gasteiger partial charge on any atom is -0.316 e. The number of hydrogen-bond donors (Lipinski definition) is 1. The third-order valence-electron chi connectivity index (χ3n) is 4.86. The summed E-state index contributed by atoms with van der Waals surface area (Å²) in [6.07, 6.45) is 5.59. The summed E-state index contributed by atoms with van der Waals surface area (Å²) in [5.41, 5.74) is 3.59. The van der Waals surface area contributed by atoms with Crippen molar-refractivity contribution < 1.29 is 0 Å². The number of aryl methyl sites for hydroxylation is 2. The molecule has 1 heterocycles. The van der Waals surface area contributed by atoms with Gasteiger partial charge in [0.1, 0.15) is 5.82 Å². The highest BCUT2D eigenvalue weighted by Crippen LogP contribution is 2.52. The molecule has 18 heavy (non-hydrogen) atoms. The molecule has 3 unspecified atom stereocenters. The van der Waals surface area contributed by atoms with Gasteiger partial charge in [-0.1, -0.05) is 6.42 Å². The van der Waals surface area contributed by atoms with Gasteiger partial charge < -0.3 is 5.32 Å². The maximum absolute atomic E-state index is 4.80. The summed E-state index contributed by atoms with van der Waals surface area (Å²) in [7, 11) is 1.97. The van der Waals surface area contributed by atoms with Crippen LogP contribution in [0.2, 0.25) is 0 Å². The molecule has 2 saturated carbocycles. The van der Waals surface area contributed by atoms with E-state index in [9.17, 15) is 0 Å². The Hall–Kier alpha value is -0.960. The van der Waals surface area contributed by atoms with Crippen LogP contribution in [0.3, 0.4) is 0 Å². The topological polar surface area (TPSA) is 37.8 Å². The maximum Gasteiger partial charge on any atom is 0.132 e. The van der Waals surface area contributed by atoms with E-state index in [1.54, 1.807) is 0 Å². The van der Waals surface area contributed by atoms with E-state index in [0.717, 1.165) is 35.6 Å². The molecule has 2 aliphatic carbocycles. The lowest BCUT2D eigenvalue weighted by atomic mass is 9.88. The first-order chi connectivity index (χ1) is 8.69. The van der Waals surface area contributed by atoms with Gasteiger partial charge in [0.2, 0.25) is 0 Å². The first kappa shape index (κ1) is 12.1. The Morgan fingerprint density at radius 3 is 2.33 bits per heavy atom. The summed E-state index contributed by atoms with van der Waals surface area (Å²) in [6.45, 7) is 5.12. The van der Waals surface area contributed by atoms with Crippen LogP contribution in [0.5, 0.6) is 0 Å². The minimum absolute atomic E-state index is 0.643. The normalized spacial score (nSPS) is 30.1. The molecule has 1 N–H and O–H groups in total. The highest BCUT2D eigenvalue weighted by Gasteiger charge is 2.41. The lowest BCUT2D eigenvalue weighted by molar-refractivity contribution is 0.403. The zero-order valence-corrected chi connectivity index (χ0v) is 11.7. The highest BCUT2D eigenvalue weighted by atomic mass is 14.9. The van der Waals surface area contributed by atoms with Crippen LogP contribution in [-0.2, 0) is 6.54 Å². The third kappa shape index (κ3) is 1.95. The van der Waals surface area contributed by atoms with Crippen molar-refractivity contribution >= 4 is 0 Å². The maximum atomic E-state index is 4.80. The Labute approximate surface area is 109 Å². The molecule has 0 aliphatic heterocycles. The van der Waals surface area contributed by atoms with Crippen molar-refractivity contribution in [3.63, 3.8) is 0 Å². The summed E-state index contributed by atoms with van der Waals surface area (Å²) < 4.78 is 0. The largest absolute Gasteiger partial charge is 0.316 e. The molecule has 2 bridgehead atoms. The Bertz CT molecular complexity index is 432. The van der Waals surface area contributed by atoms with E-state index >= 15 is 0 Å². The molecule has 0 spiro atoms. The number of nitrogens with zero attached hydrogens (tertiary/aromatic N) is 2. The van der Waals surface area contributed by atoms with E-state index in [1.165, 1.54) is 31.2 Å². The average Bonchev–Trinajstić information content (AvgIpc) is 2.95. The summed E-state index contributed by atoms with van der Waals surface area (Å²) in [6, 6.07) is 0. The fourth-order valence-electron chi connectivity index (χ4n) is 3.92. The standard InChI is InChI=1S/C15H23N3/c1-9-14(8-16-3)10(2)18-15(17-9)13-7-11-4-5-12(13)6-11/h11-13,16H,4-8H2,1-3H3. The second-order valence-corrected chi connectivity index (χ2v) is 6.04. The van der Waals surface area contributed by atoms with Gasteiger partial charge in [-0.3, -0.25) is 0 Å². The molecular weight excluding hydrogens is 222 g/mol. The number of rotatable bonds is 3. The Morgan fingerprint density at radius 2 is 1.83 bits per heavy atom. The SMILES string of the molecule is CNCc1c(C)nc(C2CC3CCC2C3)nc1C. The zero-order chi connectivity index (χ0) is 12.7. The van der Waals surface area contributed by atoms with Crippen LogP contribution >= 0.6 is 0 Å². The van der Waals surface area contributed by atoms with Crippen molar-refractivity contribution in [3.05, 3.63) is 22.8 Å². The smallest absolute Gasteiger partial charge is 0.132 e. The molecule has 1 aromatic heterocycles. The van der Waals surface area contributed by atoms with E-state index in [0.29, 0.717) is 5.92 Å². The predicted octanol–water partition coefficient (Wildman–Crippen LogP) is 2.72. The molecule has 1 aromatic rings. The van der Waals surface area contributed by atoms with Gasteiger partial charge in [0.25, 0.3) is 0 Å². The predicted molar refractivity (Wildman–Crippen MR) is 72.5 cm³/mol. The first-order valence-corrected chi connectivity index (χ1v) is 7.17. The quantitative estimate of drug-likeness (QED) is 0.889. The average molecular weight is 245 g/mol. The van der Waals surface area contributed by atoms with Crippen LogP contribution < -0.4 is 5.32 Å². The summed E-state index contributed by atoms with van der Waals surface area (Å²) in [5, 5.41) is 3.20. The molecular formula is C15H23N3. The van der Waals surface area contributed by atoms with E-state index in [-0.39, 0.29) is 0 Å². The van der Waals surface area contributed by atoms with Crippen LogP contribution in [0, 0.1) is 25.7 Å². The molecule has 0 aromatic carbocycles. The Kier molecular flexibility index (Phi) is 3.10. The summed E-state index contributed by atoms with van der Waals surface area (Å²) >= 11 is 0. The molecule has 3 heteroatoms. The Balaban J connectivity index is 1.89. The fraction of sp³-hybridized carbons (Fsp3) is 0.733. The van der Waals surface area contributed by atoms with Crippen molar-refractivity contribution in [2.24, 2.45) is 11.8 Å². The van der Waals surface area contributed by atoms with Crippen LogP contribution in [-0.4, -0.2) is 17.0 Å². The van der Waals surface area contributed by atoms with Gasteiger partial charge in [-0.25, -0.2) is 9.97 Å². The molecule has 98 valence electrons. The minimum atomic E-state index is 0.643. The molecule has 2 aliphatic rings. The zero-order valence-electron chi connectivity index (χ0n) is 11.7. The second-order valence-electron chi connectivity index (χ2n) is 6.04. The van der Waals surface area contributed by atoms with Crippen LogP contribution in [0.25, 0.3) is 0 Å². The van der Waals surface area contributed by atoms with Crippen molar-refractivity contribution in [3.8, 4) is 0 Å². The molecule has 3 atom stereocenters. The van der Waals surface area contributed by atoms with E-state index in [4.69, 9.17) is 9.97 Å². The van der Waals surface area contributed by atoms with Gasteiger partial charge in [0.15, 0.2) is 0 Å². The monoisotopic (exact) mass is 245 g/mol. The van der Waals surface area contributed by atoms with E-state index in [2.05, 4.69) is 19.2 Å². The lowest BCUT2D eigenvalue weighted by Crippen LogP contribution is -2.17. The molecule has 3 rings (SSSR count). The summed E-state index contributed by atoms with van der Waals surface area (Å²) in [4.78, 5) is 9.60. The number of fused-ring (bicyclic) bond motifs is 2. The number of aromatic nitrogens is 2. The molecule has 3 nitrogen and oxygen atoms in total. The van der Waals surface area contributed by atoms with Gasteiger partial charge in [0, 0.05) is 29.4 Å². The van der Waals surface area contributed by atoms with Crippen molar-refractivity contribution in [1.82, 2.24) is 15.3 Å². The molecule has 0 amide bonds. The summed E-state index contributed by atoms with van der Waals surface area (Å²) in [5.74, 6) is 3.59. The Morgan fingerprint density at radius 1 is 1.11 bits per heavy atom. The van der Waals surface area contributed by atoms with Crippen LogP contribution in [0.1, 0.15) is 54.4 Å². The van der Waals surface area contributed by atoms with Crippen LogP contribution in [0.4, 0.5) is 0 Å². The third-order valence-corrected chi connectivity index (χ3v) is 4.86. The van der Waals surface area contributed by atoms with Gasteiger partial charge in [0.05, 0.1) is 0 Å². The van der Waals surface area contributed by atoms with Crippen molar-refractivity contribution in [2.45, 2.75) is 52.0 Å². The molecule has 2 fully saturated rings. The van der Waals surface area contributed by atoms with Crippen LogP contribution in [0.15, 0.2) is 0 Å². The van der Waals surface area contributed by atoms with Crippen molar-refractivity contribution in [2.75, 3.05) is 7.05 Å². The second kappa shape index (κ2) is 4.61. The first-order valence-electron chi connectivity index (χ1n) is 7.17. The highest BCUT2D eigenvalue weighted by molar-refractivity contribution is 5.25. The van der Waals surface area contributed by atoms with Gasteiger partial charge in [-0.15, -0.1) is 0 Å². The fourth-order valence-corrected chi connectivity index (χ4v) is 3.92. The van der Waals surface area contributed by atoms with Crippen molar-refractivity contribution in [1.29, 1.82) is 0 Å². The van der Waals surface area contributed by atoms with Gasteiger partial charge >= 0.3 is 0 Å². The van der Waals surface area contributed by atoms with E-state index in [1.807, 2.05) is 7.05 Å². The molecule has 0 radical (unpaired) electrons. The van der Waals surface area contributed by atoms with Gasteiger partial charge in [-0.2, -0.15) is 0 Å².